The van der Waals surface area contributed by atoms with Gasteiger partial charge in [0.15, 0.2) is 5.13 Å². The fraction of sp³-hybridized carbons (Fsp3) is 0.595. The van der Waals surface area contributed by atoms with E-state index in [2.05, 4.69) is 20.8 Å². The number of alkyl carbamates (subject to hydrolysis) is 1. The van der Waals surface area contributed by atoms with E-state index in [0.717, 1.165) is 12.8 Å². The number of carbonyl (C=O) groups excluding carboxylic acids is 4. The lowest BCUT2D eigenvalue weighted by Gasteiger charge is -2.35. The number of fused-ring (bicyclic) bond motifs is 2. The first kappa shape index (κ1) is 42.3. The van der Waals surface area contributed by atoms with Crippen LogP contribution in [0.25, 0.3) is 27.1 Å². The summed E-state index contributed by atoms with van der Waals surface area (Å²) in [6.07, 6.45) is 2.36. The van der Waals surface area contributed by atoms with E-state index in [4.69, 9.17) is 47.1 Å². The van der Waals surface area contributed by atoms with Crippen molar-refractivity contribution in [3.8, 4) is 22.9 Å². The third-order valence-corrected chi connectivity index (χ3v) is 12.9. The average molecular weight is 850 g/mol. The Hall–Kier alpha value is -4.88. The molecule has 3 saturated carbocycles. The van der Waals surface area contributed by atoms with Crippen LogP contribution in [-0.4, -0.2) is 95.0 Å². The Morgan fingerprint density at radius 2 is 1.81 bits per heavy atom. The van der Waals surface area contributed by atoms with Crippen molar-refractivity contribution < 1.29 is 38.1 Å². The molecule has 15 nitrogen and oxygen atoms in total. The summed E-state index contributed by atoms with van der Waals surface area (Å²) >= 11 is 8.30. The van der Waals surface area contributed by atoms with Gasteiger partial charge in [-0.05, 0) is 74.8 Å². The second-order valence-corrected chi connectivity index (χ2v) is 18.7. The number of esters is 1. The molecule has 1 saturated heterocycles. The summed E-state index contributed by atoms with van der Waals surface area (Å²) < 4.78 is 23.3. The Balaban J connectivity index is 1.21. The van der Waals surface area contributed by atoms with Gasteiger partial charge in [0.25, 0.3) is 0 Å². The van der Waals surface area contributed by atoms with Crippen molar-refractivity contribution in [1.29, 1.82) is 0 Å². The molecule has 7 rings (SSSR count). The monoisotopic (exact) mass is 849 g/mol. The number of thiazole rings is 1. The summed E-state index contributed by atoms with van der Waals surface area (Å²) in [5.74, 6) is 0.188. The molecule has 8 atom stereocenters. The maximum absolute atomic E-state index is 14.8. The summed E-state index contributed by atoms with van der Waals surface area (Å²) in [6, 6.07) is 3.15. The van der Waals surface area contributed by atoms with Gasteiger partial charge in [0.1, 0.15) is 52.0 Å². The maximum atomic E-state index is 14.8. The zero-order valence-corrected chi connectivity index (χ0v) is 36.0. The number of aromatic nitrogens is 2. The van der Waals surface area contributed by atoms with Gasteiger partial charge in [0.05, 0.1) is 24.9 Å². The quantitative estimate of drug-likeness (QED) is 0.115. The Morgan fingerprint density at radius 3 is 2.46 bits per heavy atom. The number of benzene rings is 1. The first-order valence-electron chi connectivity index (χ1n) is 20.2. The molecular weight excluding hydrogens is 798 g/mol. The van der Waals surface area contributed by atoms with Crippen LogP contribution in [0.5, 0.6) is 11.5 Å². The molecule has 4 fully saturated rings. The zero-order chi connectivity index (χ0) is 42.4. The number of ether oxygens (including phenoxy) is 4. The molecule has 3 aliphatic carbocycles. The molecule has 17 heteroatoms. The number of nitrogens with one attached hydrogen (secondary N) is 3. The van der Waals surface area contributed by atoms with E-state index in [9.17, 15) is 19.2 Å². The van der Waals surface area contributed by atoms with Gasteiger partial charge in [-0.2, -0.15) is 0 Å². The van der Waals surface area contributed by atoms with Crippen molar-refractivity contribution in [3.63, 3.8) is 0 Å². The molecule has 0 spiro atoms. The van der Waals surface area contributed by atoms with Gasteiger partial charge in [-0.15, -0.1) is 11.3 Å². The van der Waals surface area contributed by atoms with Crippen molar-refractivity contribution >= 4 is 62.8 Å². The van der Waals surface area contributed by atoms with Crippen LogP contribution in [0.3, 0.4) is 0 Å². The lowest BCUT2D eigenvalue weighted by Crippen LogP contribution is -2.59. The van der Waals surface area contributed by atoms with Crippen LogP contribution in [0.1, 0.15) is 80.1 Å². The van der Waals surface area contributed by atoms with Crippen LogP contribution in [-0.2, 0) is 23.9 Å². The maximum Gasteiger partial charge on any atom is 0.408 e. The van der Waals surface area contributed by atoms with Crippen LogP contribution in [0, 0.1) is 29.7 Å². The highest BCUT2D eigenvalue weighted by molar-refractivity contribution is 7.14. The van der Waals surface area contributed by atoms with Crippen molar-refractivity contribution in [2.45, 2.75) is 116 Å². The number of nitrogens with zero attached hydrogens (tertiary/aromatic N) is 4. The molecule has 1 aliphatic heterocycles. The Labute approximate surface area is 353 Å². The number of halogens is 1. The van der Waals surface area contributed by atoms with Crippen molar-refractivity contribution in [2.24, 2.45) is 23.2 Å². The van der Waals surface area contributed by atoms with Crippen molar-refractivity contribution in [3.05, 3.63) is 40.0 Å². The Morgan fingerprint density at radius 1 is 1.07 bits per heavy atom. The second-order valence-electron chi connectivity index (χ2n) is 17.5. The second kappa shape index (κ2) is 16.6. The van der Waals surface area contributed by atoms with Crippen LogP contribution in [0.15, 0.2) is 23.6 Å². The summed E-state index contributed by atoms with van der Waals surface area (Å²) in [5, 5.41) is 12.4. The topological polar surface area (TPSA) is 175 Å². The number of rotatable bonds is 14. The highest BCUT2D eigenvalue weighted by atomic mass is 35.5. The third-order valence-electron chi connectivity index (χ3n) is 11.8. The number of methoxy groups -OCH3 is 1. The summed E-state index contributed by atoms with van der Waals surface area (Å²) in [4.78, 5) is 69.9. The summed E-state index contributed by atoms with van der Waals surface area (Å²) in [5.41, 5.74) is -0.597. The van der Waals surface area contributed by atoms with E-state index in [-0.39, 0.29) is 48.5 Å². The molecule has 3 unspecified atom stereocenters. The minimum absolute atomic E-state index is 0.0210. The van der Waals surface area contributed by atoms with Gasteiger partial charge in [-0.3, -0.25) is 14.4 Å². The van der Waals surface area contributed by atoms with Gasteiger partial charge >= 0.3 is 18.8 Å². The van der Waals surface area contributed by atoms with Crippen molar-refractivity contribution in [1.82, 2.24) is 25.5 Å². The molecule has 59 heavy (non-hydrogen) atoms. The number of carbonyl (C=O) groups is 4. The van der Waals surface area contributed by atoms with E-state index in [1.807, 2.05) is 46.9 Å². The number of likely N-dealkylation sites (tertiary alicyclic amines) is 1. The highest BCUT2D eigenvalue weighted by Gasteiger charge is 2.62. The lowest BCUT2D eigenvalue weighted by atomic mass is 9.85. The molecule has 3 amide bonds. The van der Waals surface area contributed by atoms with Gasteiger partial charge < -0.3 is 39.8 Å². The van der Waals surface area contributed by atoms with Gasteiger partial charge in [0, 0.05) is 29.3 Å². The van der Waals surface area contributed by atoms with Crippen LogP contribution in [0.2, 0.25) is 5.02 Å². The van der Waals surface area contributed by atoms with Crippen molar-refractivity contribution in [2.75, 3.05) is 25.7 Å². The first-order chi connectivity index (χ1) is 28.0. The molecule has 3 aromatic rings. The van der Waals surface area contributed by atoms with E-state index in [0.29, 0.717) is 57.8 Å². The molecule has 316 valence electrons. The molecule has 3 N–H and O–H groups in total. The molecule has 4 aliphatic rings. The molecule has 2 aromatic heterocycles. The predicted molar refractivity (Wildman–Crippen MR) is 222 cm³/mol. The average Bonchev–Trinajstić information content (AvgIpc) is 3.85. The first-order valence-corrected chi connectivity index (χ1v) is 21.5. The molecular formula is C42H52ClN7O8S. The molecule has 0 radical (unpaired) electrons. The van der Waals surface area contributed by atoms with Crippen LogP contribution < -0.4 is 25.4 Å². The van der Waals surface area contributed by atoms with Gasteiger partial charge in [-0.1, -0.05) is 45.7 Å². The fourth-order valence-corrected chi connectivity index (χ4v) is 9.66. The predicted octanol–water partition coefficient (Wildman–Crippen LogP) is 6.83. The number of hydrogen-bond donors (Lipinski definition) is 3. The SMILES string of the molecule is [C-]#[N+]COc1ccc2c(O[C@H]3C[C@@H](C(=O)NC4(C(=O)OC)C[C@H]4CC)N(C(=O)[C@H](NC(=O)OC4CC5C[C@H]5C4)C(C)(C)C)C3)cc(-c3csc(NC(C)C)n3)nc2c1Cl. The lowest BCUT2D eigenvalue weighted by molar-refractivity contribution is -0.148. The normalized spacial score (nSPS) is 26.1. The number of amides is 3. The smallest absolute Gasteiger partial charge is 0.408 e. The number of pyridine rings is 1. The van der Waals surface area contributed by atoms with E-state index >= 15 is 0 Å². The highest BCUT2D eigenvalue weighted by Crippen LogP contribution is 2.52. The standard InChI is InChI=1S/C42H52ClN7O8S/c1-9-24-17-42(24,38(53)55-8)49-36(51)30-15-26(18-50(30)37(52)35(41(4,5)6)48-40(54)58-25-13-22-12-23(22)14-25)57-32-16-28(29-19-59-39(47-29)45-21(2)3)46-34-27(32)10-11-31(33(34)43)56-20-44-7/h10-11,16,19,21-26,30,35H,9,12-15,17-18,20H2,1-6,8H3,(H,45,47)(H,48,54)(H,49,51)/t22-,23?,24+,25?,26-,30-,35-,42?/m0/s1. The van der Waals surface area contributed by atoms with Crippen LogP contribution >= 0.6 is 22.9 Å². The number of anilines is 1. The van der Waals surface area contributed by atoms with E-state index in [1.54, 1.807) is 18.2 Å². The van der Waals surface area contributed by atoms with Gasteiger partial charge in [-0.25, -0.2) is 26.1 Å². The van der Waals surface area contributed by atoms with E-state index < -0.39 is 53.0 Å². The third kappa shape index (κ3) is 8.87. The minimum Gasteiger partial charge on any atom is -0.488 e. The molecule has 3 heterocycles. The molecule has 0 bridgehead atoms. The summed E-state index contributed by atoms with van der Waals surface area (Å²) in [6.45, 7) is 18.4. The minimum atomic E-state index is -1.20. The Bertz CT molecular complexity index is 2160. The van der Waals surface area contributed by atoms with E-state index in [1.165, 1.54) is 29.8 Å². The molecule has 1 aromatic carbocycles. The largest absolute Gasteiger partial charge is 0.488 e. The van der Waals surface area contributed by atoms with Crippen LogP contribution in [0.4, 0.5) is 9.93 Å². The Kier molecular flexibility index (Phi) is 11.9. The zero-order valence-electron chi connectivity index (χ0n) is 34.4. The fourth-order valence-electron chi connectivity index (χ4n) is 8.55. The van der Waals surface area contributed by atoms with Gasteiger partial charge in [0.2, 0.25) is 11.8 Å². The number of hydrogen-bond acceptors (Lipinski definition) is 12. The summed E-state index contributed by atoms with van der Waals surface area (Å²) in [7, 11) is 1.29.